The molecule has 0 aliphatic carbocycles. The van der Waals surface area contributed by atoms with Crippen molar-refractivity contribution >= 4 is 0 Å². The highest BCUT2D eigenvalue weighted by molar-refractivity contribution is 4.82. The number of nitrogens with two attached hydrogens (primary N) is 2. The minimum absolute atomic E-state index is 0.761. The molecule has 0 saturated carbocycles. The van der Waals surface area contributed by atoms with Crippen LogP contribution in [0.4, 0.5) is 0 Å². The Bertz CT molecular complexity index is 244. The lowest BCUT2D eigenvalue weighted by molar-refractivity contribution is 0.0581. The van der Waals surface area contributed by atoms with Gasteiger partial charge in [0, 0.05) is 58.9 Å². The van der Waals surface area contributed by atoms with Gasteiger partial charge >= 0.3 is 0 Å². The molecule has 4 N–H and O–H groups in total. The molecule has 0 unspecified atom stereocenters. The van der Waals surface area contributed by atoms with Crippen LogP contribution in [-0.2, 0) is 0 Å². The number of piperazine rings is 1. The third-order valence-corrected chi connectivity index (χ3v) is 4.41. The van der Waals surface area contributed by atoms with Gasteiger partial charge in [0.15, 0.2) is 0 Å². The van der Waals surface area contributed by atoms with E-state index in [4.69, 9.17) is 11.7 Å². The Morgan fingerprint density at radius 1 is 1.05 bits per heavy atom. The summed E-state index contributed by atoms with van der Waals surface area (Å²) in [5, 5.41) is 3.73. The van der Waals surface area contributed by atoms with Gasteiger partial charge in [0.1, 0.15) is 0 Å². The molecule has 6 nitrogen and oxygen atoms in total. The summed E-state index contributed by atoms with van der Waals surface area (Å²) in [6.07, 6.45) is 3.63. The van der Waals surface area contributed by atoms with Crippen molar-refractivity contribution < 1.29 is 0 Å². The van der Waals surface area contributed by atoms with Crippen LogP contribution >= 0.6 is 0 Å². The summed E-state index contributed by atoms with van der Waals surface area (Å²) in [4.78, 5) is 5.23. The fourth-order valence-corrected chi connectivity index (χ4v) is 3.15. The quantitative estimate of drug-likeness (QED) is 0.500. The molecule has 0 radical (unpaired) electrons. The summed E-state index contributed by atoms with van der Waals surface area (Å²) in [7, 11) is 1.93. The van der Waals surface area contributed by atoms with Crippen molar-refractivity contribution in [3.63, 3.8) is 0 Å². The smallest absolute Gasteiger partial charge is 0.0143 e. The molecule has 2 saturated heterocycles. The van der Waals surface area contributed by atoms with Crippen molar-refractivity contribution in [2.24, 2.45) is 11.7 Å². The zero-order valence-electron chi connectivity index (χ0n) is 12.3. The van der Waals surface area contributed by atoms with Crippen LogP contribution in [0.15, 0.2) is 0 Å². The van der Waals surface area contributed by atoms with Gasteiger partial charge in [-0.3, -0.25) is 21.6 Å². The van der Waals surface area contributed by atoms with E-state index in [0.29, 0.717) is 0 Å². The molecule has 0 atom stereocenters. The SMILES string of the molecule is CN(N)CCCN1CCN(C2CCN(N)CC2)CC1. The van der Waals surface area contributed by atoms with E-state index in [0.717, 1.165) is 25.7 Å². The van der Waals surface area contributed by atoms with Gasteiger partial charge in [0.05, 0.1) is 0 Å². The molecule has 0 spiro atoms. The van der Waals surface area contributed by atoms with Crippen molar-refractivity contribution in [3.05, 3.63) is 0 Å². The Labute approximate surface area is 117 Å². The zero-order chi connectivity index (χ0) is 13.7. The van der Waals surface area contributed by atoms with Crippen LogP contribution in [0.3, 0.4) is 0 Å². The lowest BCUT2D eigenvalue weighted by atomic mass is 10.0. The van der Waals surface area contributed by atoms with E-state index in [1.54, 1.807) is 5.01 Å². The monoisotopic (exact) mass is 270 g/mol. The summed E-state index contributed by atoms with van der Waals surface area (Å²) in [6.45, 7) is 9.10. The Morgan fingerprint density at radius 3 is 2.26 bits per heavy atom. The first-order valence-electron chi connectivity index (χ1n) is 7.57. The van der Waals surface area contributed by atoms with Gasteiger partial charge in [-0.25, -0.2) is 5.01 Å². The highest BCUT2D eigenvalue weighted by atomic mass is 15.4. The molecule has 0 bridgehead atoms. The predicted molar refractivity (Wildman–Crippen MR) is 78.2 cm³/mol. The van der Waals surface area contributed by atoms with Crippen LogP contribution in [-0.4, -0.2) is 85.3 Å². The summed E-state index contributed by atoms with van der Waals surface area (Å²) in [5.41, 5.74) is 0. The first-order chi connectivity index (χ1) is 9.15. The fourth-order valence-electron chi connectivity index (χ4n) is 3.15. The molecule has 2 aliphatic rings. The minimum atomic E-state index is 0.761. The van der Waals surface area contributed by atoms with Crippen LogP contribution in [0.1, 0.15) is 19.3 Å². The second kappa shape index (κ2) is 7.52. The number of nitrogens with zero attached hydrogens (tertiary/aromatic N) is 4. The van der Waals surface area contributed by atoms with Crippen molar-refractivity contribution in [1.29, 1.82) is 0 Å². The zero-order valence-corrected chi connectivity index (χ0v) is 12.3. The summed E-state index contributed by atoms with van der Waals surface area (Å²) in [6, 6.07) is 0.761. The molecule has 0 aromatic heterocycles. The molecule has 0 aromatic rings. The van der Waals surface area contributed by atoms with Crippen molar-refractivity contribution in [2.75, 3.05) is 59.4 Å². The van der Waals surface area contributed by atoms with Gasteiger partial charge in [-0.15, -0.1) is 0 Å². The van der Waals surface area contributed by atoms with Gasteiger partial charge in [0.2, 0.25) is 0 Å². The molecular weight excluding hydrogens is 240 g/mol. The van der Waals surface area contributed by atoms with Crippen molar-refractivity contribution in [1.82, 2.24) is 19.8 Å². The molecule has 2 rings (SSSR count). The lowest BCUT2D eigenvalue weighted by Gasteiger charge is -2.42. The standard InChI is InChI=1S/C13H30N6/c1-16(14)5-2-6-17-9-11-18(12-10-17)13-3-7-19(15)8-4-13/h13H,2-12,14-15H2,1H3. The predicted octanol–water partition coefficient (Wildman–Crippen LogP) is -0.862. The summed E-state index contributed by atoms with van der Waals surface area (Å²) < 4.78 is 0. The first-order valence-corrected chi connectivity index (χ1v) is 7.57. The van der Waals surface area contributed by atoms with Gasteiger partial charge in [-0.1, -0.05) is 0 Å². The summed E-state index contributed by atoms with van der Waals surface area (Å²) >= 11 is 0. The second-order valence-electron chi connectivity index (χ2n) is 5.98. The van der Waals surface area contributed by atoms with Gasteiger partial charge in [0.25, 0.3) is 0 Å². The van der Waals surface area contributed by atoms with Gasteiger partial charge in [-0.2, -0.15) is 0 Å². The van der Waals surface area contributed by atoms with Gasteiger partial charge < -0.3 is 4.90 Å². The molecule has 2 aliphatic heterocycles. The average Bonchev–Trinajstić information content (AvgIpc) is 2.40. The van der Waals surface area contributed by atoms with E-state index in [9.17, 15) is 0 Å². The van der Waals surface area contributed by atoms with E-state index >= 15 is 0 Å². The van der Waals surface area contributed by atoms with Crippen LogP contribution in [0.5, 0.6) is 0 Å². The number of hydrogen-bond donors (Lipinski definition) is 2. The Kier molecular flexibility index (Phi) is 6.00. The molecule has 2 heterocycles. The largest absolute Gasteiger partial charge is 0.301 e. The number of rotatable bonds is 5. The molecule has 112 valence electrons. The fraction of sp³-hybridized carbons (Fsp3) is 1.00. The Hall–Kier alpha value is -0.240. The van der Waals surface area contributed by atoms with E-state index in [1.807, 2.05) is 12.1 Å². The van der Waals surface area contributed by atoms with E-state index in [-0.39, 0.29) is 0 Å². The normalized spacial score (nSPS) is 25.3. The van der Waals surface area contributed by atoms with Crippen LogP contribution in [0.25, 0.3) is 0 Å². The molecule has 19 heavy (non-hydrogen) atoms. The number of piperidine rings is 1. The highest BCUT2D eigenvalue weighted by Crippen LogP contribution is 2.16. The Morgan fingerprint density at radius 2 is 1.68 bits per heavy atom. The van der Waals surface area contributed by atoms with Crippen molar-refractivity contribution in [3.8, 4) is 0 Å². The van der Waals surface area contributed by atoms with Crippen molar-refractivity contribution in [2.45, 2.75) is 25.3 Å². The van der Waals surface area contributed by atoms with Crippen LogP contribution < -0.4 is 11.7 Å². The van der Waals surface area contributed by atoms with E-state index in [2.05, 4.69) is 9.80 Å². The number of hydrogen-bond acceptors (Lipinski definition) is 6. The van der Waals surface area contributed by atoms with E-state index in [1.165, 1.54) is 52.0 Å². The maximum absolute atomic E-state index is 5.82. The molecular formula is C13H30N6. The van der Waals surface area contributed by atoms with E-state index < -0.39 is 0 Å². The topological polar surface area (TPSA) is 65.0 Å². The molecule has 0 aromatic carbocycles. The minimum Gasteiger partial charge on any atom is -0.301 e. The highest BCUT2D eigenvalue weighted by Gasteiger charge is 2.26. The number of hydrazine groups is 2. The first kappa shape index (κ1) is 15.2. The third-order valence-electron chi connectivity index (χ3n) is 4.41. The van der Waals surface area contributed by atoms with Gasteiger partial charge in [-0.05, 0) is 25.8 Å². The third kappa shape index (κ3) is 4.98. The van der Waals surface area contributed by atoms with Crippen LogP contribution in [0, 0.1) is 0 Å². The van der Waals surface area contributed by atoms with Crippen LogP contribution in [0.2, 0.25) is 0 Å². The summed E-state index contributed by atoms with van der Waals surface area (Å²) in [5.74, 6) is 11.5. The maximum atomic E-state index is 5.82. The molecule has 2 fully saturated rings. The molecule has 0 amide bonds. The molecule has 6 heteroatoms. The Balaban J connectivity index is 1.62. The second-order valence-corrected chi connectivity index (χ2v) is 5.98. The lowest BCUT2D eigenvalue weighted by Crippen LogP contribution is -2.54. The maximum Gasteiger partial charge on any atom is 0.0143 e. The average molecular weight is 270 g/mol.